The standard InChI is InChI=1S/C30H31NO7S/c1-3-37-30(35)28-23-14-11-21(19-7-5-4-6-8-19)17-25(23)39-29(28)31-26(33)15-16-27(34)38-18-24(32)20-9-12-22(36-2)13-10-20/h4-10,12-13,21H,3,11,14-18H2,1-2H3,(H,31,33)/t21-/m0/s1. The van der Waals surface area contributed by atoms with Crippen molar-refractivity contribution in [2.24, 2.45) is 0 Å². The van der Waals surface area contributed by atoms with E-state index in [1.807, 2.05) is 18.2 Å². The zero-order valence-corrected chi connectivity index (χ0v) is 22.8. The molecule has 8 nitrogen and oxygen atoms in total. The summed E-state index contributed by atoms with van der Waals surface area (Å²) in [5, 5.41) is 3.26. The Kier molecular flexibility index (Phi) is 9.49. The van der Waals surface area contributed by atoms with Crippen LogP contribution in [0.5, 0.6) is 5.75 Å². The number of carbonyl (C=O) groups is 4. The van der Waals surface area contributed by atoms with Crippen LogP contribution < -0.4 is 10.1 Å². The lowest BCUT2D eigenvalue weighted by Crippen LogP contribution is -2.19. The first-order valence-electron chi connectivity index (χ1n) is 12.9. The number of carbonyl (C=O) groups excluding carboxylic acids is 4. The topological polar surface area (TPSA) is 108 Å². The number of fused-ring (bicyclic) bond motifs is 1. The molecule has 9 heteroatoms. The predicted octanol–water partition coefficient (Wildman–Crippen LogP) is 5.35. The lowest BCUT2D eigenvalue weighted by atomic mass is 9.83. The van der Waals surface area contributed by atoms with Crippen molar-refractivity contribution in [2.45, 2.75) is 44.9 Å². The van der Waals surface area contributed by atoms with Crippen LogP contribution in [-0.4, -0.2) is 44.0 Å². The molecule has 1 N–H and O–H groups in total. The highest BCUT2D eigenvalue weighted by molar-refractivity contribution is 7.17. The molecule has 0 saturated heterocycles. The number of nitrogens with one attached hydrogen (secondary N) is 1. The Bertz CT molecular complexity index is 1330. The summed E-state index contributed by atoms with van der Waals surface area (Å²) in [6.45, 7) is 1.55. The van der Waals surface area contributed by atoms with Crippen LogP contribution in [0.1, 0.15) is 68.8 Å². The van der Waals surface area contributed by atoms with Gasteiger partial charge in [0.15, 0.2) is 12.4 Å². The second-order valence-corrected chi connectivity index (χ2v) is 10.2. The summed E-state index contributed by atoms with van der Waals surface area (Å²) in [4.78, 5) is 51.0. The highest BCUT2D eigenvalue weighted by atomic mass is 32.1. The van der Waals surface area contributed by atoms with E-state index >= 15 is 0 Å². The Labute approximate surface area is 231 Å². The summed E-state index contributed by atoms with van der Waals surface area (Å²) in [5.41, 5.74) is 2.98. The largest absolute Gasteiger partial charge is 0.497 e. The number of anilines is 1. The summed E-state index contributed by atoms with van der Waals surface area (Å²) < 4.78 is 15.4. The molecular formula is C30H31NO7S. The van der Waals surface area contributed by atoms with Crippen LogP contribution in [0, 0.1) is 0 Å². The monoisotopic (exact) mass is 549 g/mol. The quantitative estimate of drug-likeness (QED) is 0.254. The zero-order chi connectivity index (χ0) is 27.8. The Balaban J connectivity index is 1.35. The first-order valence-corrected chi connectivity index (χ1v) is 13.7. The smallest absolute Gasteiger partial charge is 0.341 e. The van der Waals surface area contributed by atoms with E-state index in [1.54, 1.807) is 31.2 Å². The van der Waals surface area contributed by atoms with Crippen molar-refractivity contribution in [1.82, 2.24) is 0 Å². The van der Waals surface area contributed by atoms with Gasteiger partial charge in [-0.3, -0.25) is 14.4 Å². The van der Waals surface area contributed by atoms with Crippen LogP contribution in [0.2, 0.25) is 0 Å². The number of methoxy groups -OCH3 is 1. The maximum Gasteiger partial charge on any atom is 0.341 e. The Hall–Kier alpha value is -3.98. The first-order chi connectivity index (χ1) is 18.9. The van der Waals surface area contributed by atoms with E-state index in [0.717, 1.165) is 23.3 Å². The fourth-order valence-electron chi connectivity index (χ4n) is 4.59. The van der Waals surface area contributed by atoms with Crippen molar-refractivity contribution in [3.8, 4) is 5.75 Å². The average molecular weight is 550 g/mol. The van der Waals surface area contributed by atoms with Gasteiger partial charge >= 0.3 is 11.9 Å². The Morgan fingerprint density at radius 1 is 0.974 bits per heavy atom. The van der Waals surface area contributed by atoms with Gasteiger partial charge in [0.05, 0.1) is 25.7 Å². The van der Waals surface area contributed by atoms with Gasteiger partial charge in [0.2, 0.25) is 5.91 Å². The minimum absolute atomic E-state index is 0.146. The van der Waals surface area contributed by atoms with Crippen LogP contribution in [0.15, 0.2) is 54.6 Å². The SMILES string of the molecule is CCOC(=O)c1c(NC(=O)CCC(=O)OCC(=O)c2ccc(OC)cc2)sc2c1CC[C@H](c1ccccc1)C2. The van der Waals surface area contributed by atoms with E-state index in [2.05, 4.69) is 17.4 Å². The number of hydrogen-bond donors (Lipinski definition) is 1. The number of amides is 1. The molecule has 1 aliphatic carbocycles. The third kappa shape index (κ3) is 7.11. The molecule has 1 atom stereocenters. The van der Waals surface area contributed by atoms with Crippen LogP contribution >= 0.6 is 11.3 Å². The van der Waals surface area contributed by atoms with Crippen molar-refractivity contribution >= 4 is 40.0 Å². The maximum absolute atomic E-state index is 12.8. The van der Waals surface area contributed by atoms with Crippen LogP contribution in [0.3, 0.4) is 0 Å². The number of Topliss-reactive ketones (excluding diaryl/α,β-unsaturated/α-hetero) is 1. The molecule has 1 aliphatic rings. The van der Waals surface area contributed by atoms with E-state index in [4.69, 9.17) is 14.2 Å². The number of ketones is 1. The second kappa shape index (κ2) is 13.2. The zero-order valence-electron chi connectivity index (χ0n) is 22.0. The fourth-order valence-corrected chi connectivity index (χ4v) is 5.92. The molecule has 0 spiro atoms. The molecule has 1 heterocycles. The van der Waals surface area contributed by atoms with Gasteiger partial charge < -0.3 is 19.5 Å². The number of ether oxygens (including phenoxy) is 3. The molecule has 204 valence electrons. The average Bonchev–Trinajstić information content (AvgIpc) is 3.32. The van der Waals surface area contributed by atoms with Gasteiger partial charge in [-0.2, -0.15) is 0 Å². The normalized spacial score (nSPS) is 14.2. The van der Waals surface area contributed by atoms with Crippen molar-refractivity contribution in [1.29, 1.82) is 0 Å². The number of rotatable bonds is 11. The second-order valence-electron chi connectivity index (χ2n) is 9.14. The van der Waals surface area contributed by atoms with Crippen molar-refractivity contribution < 1.29 is 33.4 Å². The maximum atomic E-state index is 12.8. The number of thiophene rings is 1. The van der Waals surface area contributed by atoms with Gasteiger partial charge in [0.1, 0.15) is 10.8 Å². The van der Waals surface area contributed by atoms with Crippen molar-refractivity contribution in [3.63, 3.8) is 0 Å². The lowest BCUT2D eigenvalue weighted by molar-refractivity contribution is -0.143. The van der Waals surface area contributed by atoms with E-state index in [-0.39, 0.29) is 25.2 Å². The van der Waals surface area contributed by atoms with Gasteiger partial charge in [-0.15, -0.1) is 11.3 Å². The van der Waals surface area contributed by atoms with Crippen molar-refractivity contribution in [2.75, 3.05) is 25.6 Å². The molecule has 0 bridgehead atoms. The van der Waals surface area contributed by atoms with E-state index < -0.39 is 24.5 Å². The third-order valence-corrected chi connectivity index (χ3v) is 7.77. The molecule has 1 aromatic heterocycles. The van der Waals surface area contributed by atoms with Gasteiger partial charge in [-0.1, -0.05) is 30.3 Å². The van der Waals surface area contributed by atoms with Gasteiger partial charge in [-0.25, -0.2) is 4.79 Å². The molecular weight excluding hydrogens is 518 g/mol. The number of hydrogen-bond acceptors (Lipinski definition) is 8. The molecule has 0 saturated carbocycles. The Morgan fingerprint density at radius 3 is 2.41 bits per heavy atom. The van der Waals surface area contributed by atoms with Gasteiger partial charge in [0, 0.05) is 16.9 Å². The molecule has 1 amide bonds. The molecule has 2 aromatic carbocycles. The van der Waals surface area contributed by atoms with Gasteiger partial charge in [-0.05, 0) is 67.5 Å². The van der Waals surface area contributed by atoms with Crippen LogP contribution in [0.25, 0.3) is 0 Å². The van der Waals surface area contributed by atoms with E-state index in [1.165, 1.54) is 24.0 Å². The van der Waals surface area contributed by atoms with Crippen molar-refractivity contribution in [3.05, 3.63) is 81.7 Å². The molecule has 3 aromatic rings. The van der Waals surface area contributed by atoms with E-state index in [9.17, 15) is 19.2 Å². The van der Waals surface area contributed by atoms with Crippen LogP contribution in [-0.2, 0) is 31.9 Å². The summed E-state index contributed by atoms with van der Waals surface area (Å²) in [6.07, 6.45) is 2.05. The molecule has 0 fully saturated rings. The van der Waals surface area contributed by atoms with Gasteiger partial charge in [0.25, 0.3) is 0 Å². The molecule has 0 aliphatic heterocycles. The first kappa shape index (κ1) is 28.0. The molecule has 39 heavy (non-hydrogen) atoms. The van der Waals surface area contributed by atoms with E-state index in [0.29, 0.717) is 34.2 Å². The molecule has 0 radical (unpaired) electrons. The summed E-state index contributed by atoms with van der Waals surface area (Å²) in [7, 11) is 1.53. The molecule has 4 rings (SSSR count). The molecule has 0 unspecified atom stereocenters. The minimum Gasteiger partial charge on any atom is -0.497 e. The minimum atomic E-state index is -0.659. The summed E-state index contributed by atoms with van der Waals surface area (Å²) >= 11 is 1.39. The Morgan fingerprint density at radius 2 is 1.72 bits per heavy atom. The predicted molar refractivity (Wildman–Crippen MR) is 148 cm³/mol. The summed E-state index contributed by atoms with van der Waals surface area (Å²) in [5.74, 6) is -0.937. The highest BCUT2D eigenvalue weighted by Gasteiger charge is 2.31. The lowest BCUT2D eigenvalue weighted by Gasteiger charge is -2.23. The highest BCUT2D eigenvalue weighted by Crippen LogP contribution is 2.42. The fraction of sp³-hybridized carbons (Fsp3) is 0.333. The summed E-state index contributed by atoms with van der Waals surface area (Å²) in [6, 6.07) is 16.7. The third-order valence-electron chi connectivity index (χ3n) is 6.60. The number of esters is 2. The number of benzene rings is 2. The van der Waals surface area contributed by atoms with Crippen LogP contribution in [0.4, 0.5) is 5.00 Å².